The third-order valence-corrected chi connectivity index (χ3v) is 2.20. The molecule has 1 heterocycles. The molecule has 0 aromatic carbocycles. The Morgan fingerprint density at radius 2 is 2.00 bits per heavy atom. The fourth-order valence-electron chi connectivity index (χ4n) is 1.30. The van der Waals surface area contributed by atoms with Crippen LogP contribution < -0.4 is 0 Å². The number of aliphatic hydroxyl groups excluding tert-OH is 1. The van der Waals surface area contributed by atoms with E-state index in [1.807, 2.05) is 27.7 Å². The zero-order chi connectivity index (χ0) is 10.1. The Bertz CT molecular complexity index is 250. The molecule has 1 aromatic rings. The van der Waals surface area contributed by atoms with Crippen molar-refractivity contribution in [3.05, 3.63) is 12.7 Å². The van der Waals surface area contributed by atoms with Gasteiger partial charge in [0, 0.05) is 0 Å². The molecule has 1 aromatic heterocycles. The summed E-state index contributed by atoms with van der Waals surface area (Å²) >= 11 is 0. The summed E-state index contributed by atoms with van der Waals surface area (Å²) in [6.45, 7) is 7.95. The van der Waals surface area contributed by atoms with E-state index in [4.69, 9.17) is 0 Å². The van der Waals surface area contributed by atoms with Crippen LogP contribution in [0.1, 0.15) is 33.7 Å². The average molecular weight is 183 g/mol. The van der Waals surface area contributed by atoms with Gasteiger partial charge in [-0.3, -0.25) is 0 Å². The molecule has 4 nitrogen and oxygen atoms in total. The second kappa shape index (κ2) is 3.46. The predicted molar refractivity (Wildman–Crippen MR) is 50.2 cm³/mol. The van der Waals surface area contributed by atoms with Gasteiger partial charge in [0.05, 0.1) is 12.1 Å². The molecule has 0 aliphatic heterocycles. The molecule has 0 spiro atoms. The number of nitrogens with zero attached hydrogens (tertiary/aromatic N) is 3. The van der Waals surface area contributed by atoms with Crippen LogP contribution >= 0.6 is 0 Å². The minimum Gasteiger partial charge on any atom is -0.390 e. The van der Waals surface area contributed by atoms with Crippen LogP contribution in [-0.2, 0) is 0 Å². The van der Waals surface area contributed by atoms with Gasteiger partial charge in [-0.2, -0.15) is 5.10 Å². The Balaban J connectivity index is 2.74. The summed E-state index contributed by atoms with van der Waals surface area (Å²) in [5.41, 5.74) is -0.134. The van der Waals surface area contributed by atoms with Gasteiger partial charge >= 0.3 is 0 Å². The van der Waals surface area contributed by atoms with Gasteiger partial charge < -0.3 is 5.11 Å². The standard InChI is InChI=1S/C9H17N3O/c1-7(8(13)9(2,3)4)12-6-10-5-11-12/h5-8,13H,1-4H3. The van der Waals surface area contributed by atoms with E-state index >= 15 is 0 Å². The fourth-order valence-corrected chi connectivity index (χ4v) is 1.30. The van der Waals surface area contributed by atoms with Crippen LogP contribution in [0.2, 0.25) is 0 Å². The van der Waals surface area contributed by atoms with Crippen molar-refractivity contribution in [3.63, 3.8) is 0 Å². The van der Waals surface area contributed by atoms with E-state index < -0.39 is 6.10 Å². The molecule has 1 rings (SSSR count). The van der Waals surface area contributed by atoms with Gasteiger partial charge in [-0.25, -0.2) is 9.67 Å². The van der Waals surface area contributed by atoms with E-state index in [0.717, 1.165) is 0 Å². The van der Waals surface area contributed by atoms with E-state index in [9.17, 15) is 5.11 Å². The van der Waals surface area contributed by atoms with Crippen molar-refractivity contribution in [1.29, 1.82) is 0 Å². The first-order valence-electron chi connectivity index (χ1n) is 4.45. The van der Waals surface area contributed by atoms with Crippen molar-refractivity contribution in [1.82, 2.24) is 14.8 Å². The number of aliphatic hydroxyl groups is 1. The molecule has 0 saturated carbocycles. The monoisotopic (exact) mass is 183 g/mol. The van der Waals surface area contributed by atoms with Crippen LogP contribution in [-0.4, -0.2) is 26.0 Å². The number of hydrogen-bond acceptors (Lipinski definition) is 3. The predicted octanol–water partition coefficient (Wildman–Crippen LogP) is 1.25. The minimum absolute atomic E-state index is 0.0394. The van der Waals surface area contributed by atoms with Crippen molar-refractivity contribution in [3.8, 4) is 0 Å². The van der Waals surface area contributed by atoms with Crippen LogP contribution in [0.4, 0.5) is 0 Å². The topological polar surface area (TPSA) is 50.9 Å². The highest BCUT2D eigenvalue weighted by molar-refractivity contribution is 4.81. The van der Waals surface area contributed by atoms with E-state index in [2.05, 4.69) is 10.1 Å². The van der Waals surface area contributed by atoms with Crippen molar-refractivity contribution >= 4 is 0 Å². The molecular weight excluding hydrogens is 166 g/mol. The molecule has 0 aliphatic carbocycles. The Morgan fingerprint density at radius 1 is 1.38 bits per heavy atom. The quantitative estimate of drug-likeness (QED) is 0.750. The second-order valence-corrected chi connectivity index (χ2v) is 4.43. The Kier molecular flexibility index (Phi) is 2.71. The average Bonchev–Trinajstić information content (AvgIpc) is 2.51. The molecule has 2 atom stereocenters. The molecule has 0 bridgehead atoms. The Morgan fingerprint density at radius 3 is 2.38 bits per heavy atom. The van der Waals surface area contributed by atoms with E-state index in [-0.39, 0.29) is 11.5 Å². The van der Waals surface area contributed by atoms with Crippen LogP contribution in [0.3, 0.4) is 0 Å². The lowest BCUT2D eigenvalue weighted by Gasteiger charge is -2.30. The highest BCUT2D eigenvalue weighted by Gasteiger charge is 2.28. The summed E-state index contributed by atoms with van der Waals surface area (Å²) in [6.07, 6.45) is 2.68. The highest BCUT2D eigenvalue weighted by atomic mass is 16.3. The lowest BCUT2D eigenvalue weighted by molar-refractivity contribution is 0.0188. The summed E-state index contributed by atoms with van der Waals surface area (Å²) in [6, 6.07) is -0.0394. The van der Waals surface area contributed by atoms with Crippen LogP contribution in [0.25, 0.3) is 0 Å². The second-order valence-electron chi connectivity index (χ2n) is 4.43. The van der Waals surface area contributed by atoms with Crippen LogP contribution in [0.15, 0.2) is 12.7 Å². The van der Waals surface area contributed by atoms with Gasteiger partial charge in [0.2, 0.25) is 0 Å². The summed E-state index contributed by atoms with van der Waals surface area (Å²) < 4.78 is 1.68. The summed E-state index contributed by atoms with van der Waals surface area (Å²) in [4.78, 5) is 3.85. The smallest absolute Gasteiger partial charge is 0.137 e. The van der Waals surface area contributed by atoms with E-state index in [1.165, 1.54) is 6.33 Å². The lowest BCUT2D eigenvalue weighted by atomic mass is 9.85. The van der Waals surface area contributed by atoms with Crippen LogP contribution in [0, 0.1) is 5.41 Å². The third kappa shape index (κ3) is 2.28. The van der Waals surface area contributed by atoms with E-state index in [1.54, 1.807) is 11.0 Å². The molecule has 13 heavy (non-hydrogen) atoms. The molecule has 4 heteroatoms. The van der Waals surface area contributed by atoms with Gasteiger partial charge in [-0.05, 0) is 12.3 Å². The molecule has 0 aliphatic rings. The molecular formula is C9H17N3O. The SMILES string of the molecule is CC(C(O)C(C)(C)C)n1cncn1. The van der Waals surface area contributed by atoms with Crippen molar-refractivity contribution in [2.75, 3.05) is 0 Å². The van der Waals surface area contributed by atoms with E-state index in [0.29, 0.717) is 0 Å². The highest BCUT2D eigenvalue weighted by Crippen LogP contribution is 2.27. The first-order valence-corrected chi connectivity index (χ1v) is 4.45. The summed E-state index contributed by atoms with van der Waals surface area (Å²) in [5.74, 6) is 0. The molecule has 0 amide bonds. The normalized spacial score (nSPS) is 17.0. The fraction of sp³-hybridized carbons (Fsp3) is 0.778. The maximum atomic E-state index is 9.94. The van der Waals surface area contributed by atoms with Gasteiger partial charge in [0.15, 0.2) is 0 Å². The van der Waals surface area contributed by atoms with Crippen molar-refractivity contribution in [2.45, 2.75) is 39.8 Å². The molecule has 0 saturated heterocycles. The Labute approximate surface area is 78.6 Å². The van der Waals surface area contributed by atoms with Crippen LogP contribution in [0.5, 0.6) is 0 Å². The minimum atomic E-state index is -0.422. The molecule has 2 unspecified atom stereocenters. The van der Waals surface area contributed by atoms with Crippen molar-refractivity contribution in [2.24, 2.45) is 5.41 Å². The number of aromatic nitrogens is 3. The molecule has 74 valence electrons. The van der Waals surface area contributed by atoms with Gasteiger partial charge in [0.1, 0.15) is 12.7 Å². The molecule has 0 fully saturated rings. The molecule has 0 radical (unpaired) electrons. The zero-order valence-electron chi connectivity index (χ0n) is 8.60. The van der Waals surface area contributed by atoms with Gasteiger partial charge in [-0.1, -0.05) is 20.8 Å². The Hall–Kier alpha value is -0.900. The first kappa shape index (κ1) is 10.2. The number of hydrogen-bond donors (Lipinski definition) is 1. The summed E-state index contributed by atoms with van der Waals surface area (Å²) in [7, 11) is 0. The third-order valence-electron chi connectivity index (χ3n) is 2.20. The zero-order valence-corrected chi connectivity index (χ0v) is 8.60. The number of rotatable bonds is 2. The molecule has 1 N–H and O–H groups in total. The lowest BCUT2D eigenvalue weighted by Crippen LogP contribution is -2.34. The van der Waals surface area contributed by atoms with Gasteiger partial charge in [0.25, 0.3) is 0 Å². The summed E-state index contributed by atoms with van der Waals surface area (Å²) in [5, 5.41) is 13.9. The largest absolute Gasteiger partial charge is 0.390 e. The maximum Gasteiger partial charge on any atom is 0.137 e. The first-order chi connectivity index (χ1) is 5.93. The maximum absolute atomic E-state index is 9.94. The van der Waals surface area contributed by atoms with Crippen molar-refractivity contribution < 1.29 is 5.11 Å². The van der Waals surface area contributed by atoms with Gasteiger partial charge in [-0.15, -0.1) is 0 Å².